The van der Waals surface area contributed by atoms with Gasteiger partial charge in [-0.1, -0.05) is 0 Å². The number of anilines is 2. The van der Waals surface area contributed by atoms with Crippen LogP contribution in [0.25, 0.3) is 0 Å². The second-order valence-electron chi connectivity index (χ2n) is 5.83. The molecule has 12 heteroatoms. The summed E-state index contributed by atoms with van der Waals surface area (Å²) in [5.74, 6) is -1.65. The molecule has 3 rings (SSSR count). The molecule has 27 heavy (non-hydrogen) atoms. The van der Waals surface area contributed by atoms with Crippen molar-refractivity contribution in [3.8, 4) is 0 Å². The van der Waals surface area contributed by atoms with E-state index in [1.165, 1.54) is 11.6 Å². The number of amides is 2. The zero-order chi connectivity index (χ0) is 20.1. The number of alkyl halides is 3. The number of carbonyl (C=O) groups excluding carboxylic acids is 2. The lowest BCUT2D eigenvalue weighted by Gasteiger charge is -2.30. The van der Waals surface area contributed by atoms with Gasteiger partial charge in [0.2, 0.25) is 5.91 Å². The van der Waals surface area contributed by atoms with Crippen molar-refractivity contribution in [2.75, 3.05) is 16.2 Å². The second kappa shape index (κ2) is 6.01. The zero-order valence-electron chi connectivity index (χ0n) is 13.7. The fraction of sp³-hybridized carbons (Fsp3) is 0.200. The molecule has 1 aliphatic rings. The lowest BCUT2D eigenvalue weighted by atomic mass is 10.1. The normalized spacial score (nSPS) is 14.7. The molecule has 1 aromatic carbocycles. The number of carbonyl (C=O) groups is 2. The number of primary amides is 1. The Kier molecular flexibility index (Phi) is 4.18. The third-order valence-corrected chi connectivity index (χ3v) is 5.70. The summed E-state index contributed by atoms with van der Waals surface area (Å²) in [4.78, 5) is 22.9. The van der Waals surface area contributed by atoms with Crippen LogP contribution in [0.3, 0.4) is 0 Å². The predicted molar refractivity (Wildman–Crippen MR) is 88.5 cm³/mol. The lowest BCUT2D eigenvalue weighted by Crippen LogP contribution is -2.42. The van der Waals surface area contributed by atoms with Gasteiger partial charge in [-0.25, -0.2) is 8.42 Å². The van der Waals surface area contributed by atoms with Crippen molar-refractivity contribution in [3.05, 3.63) is 41.7 Å². The number of fused-ring (bicyclic) bond motifs is 1. The monoisotopic (exact) mass is 402 g/mol. The average molecular weight is 402 g/mol. The van der Waals surface area contributed by atoms with Crippen molar-refractivity contribution in [2.45, 2.75) is 11.1 Å². The first-order valence-corrected chi connectivity index (χ1v) is 8.85. The van der Waals surface area contributed by atoms with Crippen molar-refractivity contribution in [1.82, 2.24) is 4.57 Å². The van der Waals surface area contributed by atoms with Gasteiger partial charge in [0.1, 0.15) is 17.1 Å². The summed E-state index contributed by atoms with van der Waals surface area (Å²) in [5, 5.41) is 2.24. The van der Waals surface area contributed by atoms with Crippen LogP contribution in [0.1, 0.15) is 16.1 Å². The van der Waals surface area contributed by atoms with Gasteiger partial charge in [0, 0.05) is 13.2 Å². The van der Waals surface area contributed by atoms with E-state index in [1.807, 2.05) is 0 Å². The third-order valence-electron chi connectivity index (χ3n) is 3.97. The van der Waals surface area contributed by atoms with Gasteiger partial charge in [-0.3, -0.25) is 13.9 Å². The van der Waals surface area contributed by atoms with Gasteiger partial charge in [0.25, 0.3) is 15.9 Å². The Morgan fingerprint density at radius 2 is 1.93 bits per heavy atom. The van der Waals surface area contributed by atoms with Gasteiger partial charge in [-0.2, -0.15) is 13.2 Å². The summed E-state index contributed by atoms with van der Waals surface area (Å²) in [6, 6.07) is 3.38. The summed E-state index contributed by atoms with van der Waals surface area (Å²) in [6.07, 6.45) is -3.53. The molecule has 2 heterocycles. The van der Waals surface area contributed by atoms with Crippen LogP contribution < -0.4 is 15.4 Å². The van der Waals surface area contributed by atoms with E-state index >= 15 is 0 Å². The minimum Gasteiger partial charge on any atom is -0.364 e. The summed E-state index contributed by atoms with van der Waals surface area (Å²) in [5.41, 5.74) is 3.65. The van der Waals surface area contributed by atoms with Crippen LogP contribution in [0.4, 0.5) is 24.5 Å². The smallest absolute Gasteiger partial charge is 0.364 e. The first-order chi connectivity index (χ1) is 12.4. The second-order valence-corrected chi connectivity index (χ2v) is 7.69. The molecule has 0 spiro atoms. The van der Waals surface area contributed by atoms with E-state index in [4.69, 9.17) is 5.73 Å². The molecule has 0 radical (unpaired) electrons. The van der Waals surface area contributed by atoms with Crippen molar-refractivity contribution >= 4 is 33.2 Å². The fourth-order valence-electron chi connectivity index (χ4n) is 2.70. The van der Waals surface area contributed by atoms with Gasteiger partial charge < -0.3 is 15.6 Å². The maximum absolute atomic E-state index is 12.9. The number of rotatable bonds is 3. The molecule has 2 aromatic rings. The van der Waals surface area contributed by atoms with Crippen LogP contribution in [0.5, 0.6) is 0 Å². The molecule has 3 N–H and O–H groups in total. The number of sulfonamides is 1. The van der Waals surface area contributed by atoms with Gasteiger partial charge in [0.05, 0.1) is 16.9 Å². The van der Waals surface area contributed by atoms with E-state index in [0.29, 0.717) is 10.4 Å². The molecule has 144 valence electrons. The lowest BCUT2D eigenvalue weighted by molar-refractivity contribution is -0.137. The Balaban J connectivity index is 2.11. The maximum atomic E-state index is 12.9. The number of aryl methyl sites for hydroxylation is 1. The van der Waals surface area contributed by atoms with Crippen LogP contribution >= 0.6 is 0 Å². The minimum atomic E-state index is -4.66. The molecule has 0 saturated heterocycles. The Morgan fingerprint density at radius 1 is 1.26 bits per heavy atom. The Hall–Kier alpha value is -3.02. The molecule has 1 aliphatic heterocycles. The first kappa shape index (κ1) is 18.8. The summed E-state index contributed by atoms with van der Waals surface area (Å²) in [7, 11) is -2.92. The molecule has 0 unspecified atom stereocenters. The van der Waals surface area contributed by atoms with Crippen molar-refractivity contribution in [3.63, 3.8) is 0 Å². The van der Waals surface area contributed by atoms with Crippen LogP contribution in [0, 0.1) is 0 Å². The molecule has 2 amide bonds. The first-order valence-electron chi connectivity index (χ1n) is 7.41. The van der Waals surface area contributed by atoms with E-state index in [0.717, 1.165) is 24.4 Å². The largest absolute Gasteiger partial charge is 0.416 e. The molecule has 0 aliphatic carbocycles. The number of benzene rings is 1. The molecule has 8 nitrogen and oxygen atoms in total. The van der Waals surface area contributed by atoms with Crippen LogP contribution in [-0.4, -0.2) is 31.3 Å². The molecule has 0 atom stereocenters. The Morgan fingerprint density at radius 3 is 2.48 bits per heavy atom. The molecule has 0 saturated carbocycles. The molecular weight excluding hydrogens is 389 g/mol. The topological polar surface area (TPSA) is 114 Å². The quantitative estimate of drug-likeness (QED) is 0.805. The van der Waals surface area contributed by atoms with E-state index in [-0.39, 0.29) is 22.0 Å². The van der Waals surface area contributed by atoms with Crippen molar-refractivity contribution < 1.29 is 31.2 Å². The van der Waals surface area contributed by atoms with Crippen LogP contribution in [-0.2, 0) is 28.0 Å². The minimum absolute atomic E-state index is 0.0809. The summed E-state index contributed by atoms with van der Waals surface area (Å²) < 4.78 is 66.4. The van der Waals surface area contributed by atoms with E-state index in [1.54, 1.807) is 0 Å². The number of halogens is 3. The predicted octanol–water partition coefficient (Wildman–Crippen LogP) is 1.29. The summed E-state index contributed by atoms with van der Waals surface area (Å²) in [6.45, 7) is -0.624. The SMILES string of the molecule is Cn1cc(S(=O)(=O)N2CC(=O)Nc3cc(C(F)(F)F)ccc32)cc1C(N)=O. The number of nitrogens with one attached hydrogen (secondary N) is 1. The van der Waals surface area contributed by atoms with Crippen LogP contribution in [0.2, 0.25) is 0 Å². The van der Waals surface area contributed by atoms with E-state index in [2.05, 4.69) is 5.32 Å². The van der Waals surface area contributed by atoms with Crippen LogP contribution in [0.15, 0.2) is 35.4 Å². The highest BCUT2D eigenvalue weighted by molar-refractivity contribution is 7.92. The van der Waals surface area contributed by atoms with Crippen molar-refractivity contribution in [2.24, 2.45) is 12.8 Å². The van der Waals surface area contributed by atoms with E-state index in [9.17, 15) is 31.2 Å². The molecule has 0 fully saturated rings. The number of nitrogens with zero attached hydrogens (tertiary/aromatic N) is 2. The highest BCUT2D eigenvalue weighted by atomic mass is 32.2. The van der Waals surface area contributed by atoms with Gasteiger partial charge in [-0.15, -0.1) is 0 Å². The Labute approximate surface area is 151 Å². The zero-order valence-corrected chi connectivity index (χ0v) is 14.6. The molecule has 1 aromatic heterocycles. The average Bonchev–Trinajstić information content (AvgIpc) is 2.95. The van der Waals surface area contributed by atoms with Crippen molar-refractivity contribution in [1.29, 1.82) is 0 Å². The molecular formula is C15H13F3N4O4S. The van der Waals surface area contributed by atoms with Gasteiger partial charge in [-0.05, 0) is 24.3 Å². The number of aromatic nitrogens is 1. The maximum Gasteiger partial charge on any atom is 0.416 e. The fourth-order valence-corrected chi connectivity index (χ4v) is 4.21. The van der Waals surface area contributed by atoms with Gasteiger partial charge in [0.15, 0.2) is 0 Å². The highest BCUT2D eigenvalue weighted by Gasteiger charge is 2.37. The Bertz CT molecular complexity index is 1060. The standard InChI is InChI=1S/C15H13F3N4O4S/c1-21-6-9(5-12(21)14(19)24)27(25,26)22-7-13(23)20-10-4-8(15(16,17)18)2-3-11(10)22/h2-6H,7H2,1H3,(H2,19,24)(H,20,23). The van der Waals surface area contributed by atoms with Gasteiger partial charge >= 0.3 is 6.18 Å². The van der Waals surface area contributed by atoms with E-state index < -0.39 is 40.1 Å². The third kappa shape index (κ3) is 3.23. The number of hydrogen-bond acceptors (Lipinski definition) is 4. The highest BCUT2D eigenvalue weighted by Crippen LogP contribution is 2.38. The summed E-state index contributed by atoms with van der Waals surface area (Å²) >= 11 is 0. The number of nitrogens with two attached hydrogens (primary N) is 1. The molecule has 0 bridgehead atoms. The number of hydrogen-bond donors (Lipinski definition) is 2.